The molecule has 1 aromatic carbocycles. The molecule has 0 aliphatic heterocycles. The number of hydrogen-bond donors (Lipinski definition) is 2. The quantitative estimate of drug-likeness (QED) is 0.667. The number of nitrogen functional groups attached to an aromatic ring is 1. The van der Waals surface area contributed by atoms with Crippen LogP contribution >= 0.6 is 27.5 Å². The zero-order chi connectivity index (χ0) is 13.1. The number of ether oxygens (including phenoxy) is 1. The molecule has 0 bridgehead atoms. The lowest BCUT2D eigenvalue weighted by Gasteiger charge is -2.09. The highest BCUT2D eigenvalue weighted by atomic mass is 79.9. The Morgan fingerprint density at radius 3 is 2.89 bits per heavy atom. The molecule has 0 fully saturated rings. The first kappa shape index (κ1) is 13.0. The Labute approximate surface area is 115 Å². The van der Waals surface area contributed by atoms with Crippen LogP contribution in [0, 0.1) is 5.82 Å². The second kappa shape index (κ2) is 5.47. The maximum absolute atomic E-state index is 13.6. The SMILES string of the molecule is NNc1ncnc(Oc2cccc(Cl)c2F)c1Br. The van der Waals surface area contributed by atoms with E-state index >= 15 is 0 Å². The van der Waals surface area contributed by atoms with E-state index in [0.29, 0.717) is 10.3 Å². The smallest absolute Gasteiger partial charge is 0.239 e. The Balaban J connectivity index is 2.37. The molecule has 2 rings (SSSR count). The molecule has 0 atom stereocenters. The molecule has 1 heterocycles. The molecule has 94 valence electrons. The number of nitrogens with zero attached hydrogens (tertiary/aromatic N) is 2. The zero-order valence-electron chi connectivity index (χ0n) is 8.82. The van der Waals surface area contributed by atoms with E-state index in [4.69, 9.17) is 22.2 Å². The largest absolute Gasteiger partial charge is 0.435 e. The van der Waals surface area contributed by atoms with E-state index in [1.807, 2.05) is 0 Å². The summed E-state index contributed by atoms with van der Waals surface area (Å²) in [6.45, 7) is 0. The fourth-order valence-corrected chi connectivity index (χ4v) is 1.76. The van der Waals surface area contributed by atoms with Crippen molar-refractivity contribution >= 4 is 33.3 Å². The van der Waals surface area contributed by atoms with Gasteiger partial charge in [0.1, 0.15) is 10.8 Å². The first-order valence-corrected chi connectivity index (χ1v) is 5.89. The zero-order valence-corrected chi connectivity index (χ0v) is 11.2. The highest BCUT2D eigenvalue weighted by Gasteiger charge is 2.13. The third-order valence-corrected chi connectivity index (χ3v) is 3.02. The minimum atomic E-state index is -0.660. The Hall–Kier alpha value is -1.44. The molecular formula is C10H7BrClFN4O. The summed E-state index contributed by atoms with van der Waals surface area (Å²) in [4.78, 5) is 7.71. The van der Waals surface area contributed by atoms with Crippen molar-refractivity contribution in [3.63, 3.8) is 0 Å². The molecule has 8 heteroatoms. The number of hydrazine groups is 1. The van der Waals surface area contributed by atoms with Gasteiger partial charge in [0.25, 0.3) is 0 Å². The van der Waals surface area contributed by atoms with E-state index in [2.05, 4.69) is 31.3 Å². The van der Waals surface area contributed by atoms with Gasteiger partial charge in [0.05, 0.1) is 5.02 Å². The second-order valence-corrected chi connectivity index (χ2v) is 4.34. The molecule has 0 unspecified atom stereocenters. The van der Waals surface area contributed by atoms with Crippen molar-refractivity contribution in [3.05, 3.63) is 39.8 Å². The fraction of sp³-hybridized carbons (Fsp3) is 0. The summed E-state index contributed by atoms with van der Waals surface area (Å²) in [6, 6.07) is 4.43. The van der Waals surface area contributed by atoms with Crippen LogP contribution in [-0.2, 0) is 0 Å². The van der Waals surface area contributed by atoms with Crippen LogP contribution in [0.2, 0.25) is 5.02 Å². The predicted molar refractivity (Wildman–Crippen MR) is 69.0 cm³/mol. The summed E-state index contributed by atoms with van der Waals surface area (Å²) in [5.41, 5.74) is 2.35. The van der Waals surface area contributed by atoms with Crippen molar-refractivity contribution in [3.8, 4) is 11.6 Å². The van der Waals surface area contributed by atoms with Gasteiger partial charge in [-0.05, 0) is 28.1 Å². The van der Waals surface area contributed by atoms with Crippen LogP contribution in [-0.4, -0.2) is 9.97 Å². The summed E-state index contributed by atoms with van der Waals surface area (Å²) in [5.74, 6) is 4.99. The molecule has 0 aliphatic carbocycles. The van der Waals surface area contributed by atoms with Crippen molar-refractivity contribution in [2.24, 2.45) is 5.84 Å². The number of rotatable bonds is 3. The third kappa shape index (κ3) is 2.53. The number of anilines is 1. The van der Waals surface area contributed by atoms with Gasteiger partial charge in [0.15, 0.2) is 17.4 Å². The average molecular weight is 334 g/mol. The Bertz CT molecular complexity index is 584. The van der Waals surface area contributed by atoms with Gasteiger partial charge < -0.3 is 10.2 Å². The molecule has 0 amide bonds. The van der Waals surface area contributed by atoms with Crippen molar-refractivity contribution in [1.29, 1.82) is 0 Å². The van der Waals surface area contributed by atoms with Crippen LogP contribution in [0.25, 0.3) is 0 Å². The number of hydrogen-bond acceptors (Lipinski definition) is 5. The van der Waals surface area contributed by atoms with E-state index in [1.165, 1.54) is 18.5 Å². The van der Waals surface area contributed by atoms with Gasteiger partial charge in [-0.25, -0.2) is 20.2 Å². The molecule has 0 radical (unpaired) electrons. The molecule has 2 aromatic rings. The van der Waals surface area contributed by atoms with Crippen molar-refractivity contribution in [1.82, 2.24) is 9.97 Å². The lowest BCUT2D eigenvalue weighted by atomic mass is 10.3. The van der Waals surface area contributed by atoms with E-state index in [-0.39, 0.29) is 16.7 Å². The first-order chi connectivity index (χ1) is 8.63. The first-order valence-electron chi connectivity index (χ1n) is 4.72. The summed E-state index contributed by atoms with van der Waals surface area (Å²) >= 11 is 8.84. The van der Waals surface area contributed by atoms with Crippen LogP contribution in [0.4, 0.5) is 10.2 Å². The van der Waals surface area contributed by atoms with Crippen molar-refractivity contribution in [2.75, 3.05) is 5.43 Å². The molecule has 0 aliphatic rings. The monoisotopic (exact) mass is 332 g/mol. The van der Waals surface area contributed by atoms with Crippen LogP contribution in [0.3, 0.4) is 0 Å². The number of nitrogens with two attached hydrogens (primary N) is 1. The molecule has 0 saturated carbocycles. The molecule has 0 saturated heterocycles. The van der Waals surface area contributed by atoms with Gasteiger partial charge in [0.2, 0.25) is 5.88 Å². The molecule has 3 N–H and O–H groups in total. The predicted octanol–water partition coefficient (Wildman–Crippen LogP) is 3.11. The maximum atomic E-state index is 13.6. The normalized spacial score (nSPS) is 10.2. The summed E-state index contributed by atoms with van der Waals surface area (Å²) in [5, 5.41) is -0.0325. The van der Waals surface area contributed by atoms with Crippen LogP contribution in [0.1, 0.15) is 0 Å². The highest BCUT2D eigenvalue weighted by Crippen LogP contribution is 2.33. The number of halogens is 3. The van der Waals surface area contributed by atoms with Gasteiger partial charge in [0, 0.05) is 0 Å². The Kier molecular flexibility index (Phi) is 3.95. The topological polar surface area (TPSA) is 73.1 Å². The Morgan fingerprint density at radius 1 is 1.39 bits per heavy atom. The van der Waals surface area contributed by atoms with Crippen LogP contribution in [0.5, 0.6) is 11.6 Å². The van der Waals surface area contributed by atoms with Gasteiger partial charge in [-0.3, -0.25) is 0 Å². The fourth-order valence-electron chi connectivity index (χ4n) is 1.19. The second-order valence-electron chi connectivity index (χ2n) is 3.14. The van der Waals surface area contributed by atoms with Gasteiger partial charge in [-0.1, -0.05) is 17.7 Å². The molecule has 0 spiro atoms. The number of nitrogens with one attached hydrogen (secondary N) is 1. The summed E-state index contributed by atoms with van der Waals surface area (Å²) in [7, 11) is 0. The van der Waals surface area contributed by atoms with Gasteiger partial charge in [-0.15, -0.1) is 0 Å². The standard InChI is InChI=1S/C10H7BrClFN4O/c11-7-9(17-14)15-4-16-10(7)18-6-3-1-2-5(12)8(6)13/h1-4H,14H2,(H,15,16,17). The summed E-state index contributed by atoms with van der Waals surface area (Å²) < 4.78 is 19.3. The maximum Gasteiger partial charge on any atom is 0.239 e. The van der Waals surface area contributed by atoms with Crippen LogP contribution in [0.15, 0.2) is 29.0 Å². The van der Waals surface area contributed by atoms with Crippen molar-refractivity contribution < 1.29 is 9.13 Å². The minimum Gasteiger partial charge on any atom is -0.435 e. The van der Waals surface area contributed by atoms with Gasteiger partial charge in [-0.2, -0.15) is 0 Å². The van der Waals surface area contributed by atoms with Gasteiger partial charge >= 0.3 is 0 Å². The Morgan fingerprint density at radius 2 is 2.17 bits per heavy atom. The van der Waals surface area contributed by atoms with E-state index in [0.717, 1.165) is 0 Å². The van der Waals surface area contributed by atoms with Crippen molar-refractivity contribution in [2.45, 2.75) is 0 Å². The highest BCUT2D eigenvalue weighted by molar-refractivity contribution is 9.10. The minimum absolute atomic E-state index is 0.0325. The van der Waals surface area contributed by atoms with E-state index in [9.17, 15) is 4.39 Å². The van der Waals surface area contributed by atoms with E-state index < -0.39 is 5.82 Å². The van der Waals surface area contributed by atoms with E-state index in [1.54, 1.807) is 6.07 Å². The lowest BCUT2D eigenvalue weighted by molar-refractivity contribution is 0.424. The average Bonchev–Trinajstić information content (AvgIpc) is 2.37. The third-order valence-electron chi connectivity index (χ3n) is 2.02. The number of benzene rings is 1. The molecule has 5 nitrogen and oxygen atoms in total. The molecular weight excluding hydrogens is 326 g/mol. The van der Waals surface area contributed by atoms with Crippen LogP contribution < -0.4 is 16.0 Å². The molecule has 1 aromatic heterocycles. The number of aromatic nitrogens is 2. The lowest BCUT2D eigenvalue weighted by Crippen LogP contribution is -2.10. The molecule has 18 heavy (non-hydrogen) atoms. The summed E-state index contributed by atoms with van der Waals surface area (Å²) in [6.07, 6.45) is 1.23.